The number of amides is 1. The van der Waals surface area contributed by atoms with Gasteiger partial charge in [-0.25, -0.2) is 14.5 Å². The number of benzene rings is 1. The lowest BCUT2D eigenvalue weighted by Crippen LogP contribution is -2.41. The average Bonchev–Trinajstić information content (AvgIpc) is 3.30. The summed E-state index contributed by atoms with van der Waals surface area (Å²) < 4.78 is 3.91. The quantitative estimate of drug-likeness (QED) is 0.536. The summed E-state index contributed by atoms with van der Waals surface area (Å²) in [7, 11) is 0. The molecule has 28 heavy (non-hydrogen) atoms. The standard InChI is InChI=1S/C20H19N5O2S/c26-18(13-25-20(27)24-10-4-3-7-17(24)22-25)23-11-8-14(9-12-23)19-21-15-5-1-2-6-16(15)28-19/h1-7,10,14H,8-9,11-13H2. The van der Waals surface area contributed by atoms with Gasteiger partial charge in [0.25, 0.3) is 0 Å². The maximum Gasteiger partial charge on any atom is 0.350 e. The molecular formula is C20H19N5O2S. The highest BCUT2D eigenvalue weighted by Gasteiger charge is 2.26. The van der Waals surface area contributed by atoms with Crippen molar-refractivity contribution in [2.24, 2.45) is 0 Å². The number of aromatic nitrogens is 4. The Morgan fingerprint density at radius 1 is 1.11 bits per heavy atom. The van der Waals surface area contributed by atoms with E-state index in [4.69, 9.17) is 4.98 Å². The van der Waals surface area contributed by atoms with Crippen LogP contribution in [0.15, 0.2) is 53.5 Å². The molecule has 5 rings (SSSR count). The fourth-order valence-corrected chi connectivity index (χ4v) is 4.88. The van der Waals surface area contributed by atoms with Gasteiger partial charge in [-0.3, -0.25) is 9.20 Å². The second-order valence-electron chi connectivity index (χ2n) is 7.04. The Morgan fingerprint density at radius 3 is 2.68 bits per heavy atom. The van der Waals surface area contributed by atoms with Crippen molar-refractivity contribution in [3.05, 3.63) is 64.2 Å². The van der Waals surface area contributed by atoms with Gasteiger partial charge in [0.2, 0.25) is 5.91 Å². The topological polar surface area (TPSA) is 72.5 Å². The van der Waals surface area contributed by atoms with E-state index in [1.165, 1.54) is 13.8 Å². The van der Waals surface area contributed by atoms with Crippen LogP contribution in [0.4, 0.5) is 0 Å². The van der Waals surface area contributed by atoms with Crippen molar-refractivity contribution >= 4 is 33.1 Å². The summed E-state index contributed by atoms with van der Waals surface area (Å²) in [6.07, 6.45) is 3.45. The van der Waals surface area contributed by atoms with E-state index in [9.17, 15) is 9.59 Å². The van der Waals surface area contributed by atoms with Crippen LogP contribution in [0, 0.1) is 0 Å². The Hall–Kier alpha value is -3.00. The van der Waals surface area contributed by atoms with Crippen LogP contribution in [-0.4, -0.2) is 43.1 Å². The summed E-state index contributed by atoms with van der Waals surface area (Å²) in [4.78, 5) is 31.6. The van der Waals surface area contributed by atoms with Crippen molar-refractivity contribution in [1.82, 2.24) is 24.1 Å². The number of rotatable bonds is 3. The second kappa shape index (κ2) is 6.87. The van der Waals surface area contributed by atoms with E-state index < -0.39 is 0 Å². The van der Waals surface area contributed by atoms with Gasteiger partial charge in [-0.05, 0) is 37.1 Å². The number of thiazole rings is 1. The normalized spacial score (nSPS) is 15.5. The molecule has 0 aliphatic carbocycles. The van der Waals surface area contributed by atoms with Gasteiger partial charge in [0.1, 0.15) is 6.54 Å². The van der Waals surface area contributed by atoms with Crippen molar-refractivity contribution in [2.75, 3.05) is 13.1 Å². The first-order chi connectivity index (χ1) is 13.7. The van der Waals surface area contributed by atoms with Crippen molar-refractivity contribution < 1.29 is 4.79 Å². The summed E-state index contributed by atoms with van der Waals surface area (Å²) in [5, 5.41) is 5.40. The van der Waals surface area contributed by atoms with Gasteiger partial charge in [0.05, 0.1) is 15.2 Å². The zero-order valence-electron chi connectivity index (χ0n) is 15.2. The molecule has 1 aliphatic heterocycles. The fourth-order valence-electron chi connectivity index (χ4n) is 3.74. The molecule has 142 valence electrons. The van der Waals surface area contributed by atoms with E-state index in [1.807, 2.05) is 29.2 Å². The molecule has 0 unspecified atom stereocenters. The smallest absolute Gasteiger partial charge is 0.341 e. The molecule has 1 amide bonds. The number of piperidine rings is 1. The number of likely N-dealkylation sites (tertiary alicyclic amines) is 1. The predicted octanol–water partition coefficient (Wildman–Crippen LogP) is 2.51. The minimum atomic E-state index is -0.284. The molecule has 1 aromatic carbocycles. The number of fused-ring (bicyclic) bond motifs is 2. The molecule has 0 radical (unpaired) electrons. The number of nitrogens with zero attached hydrogens (tertiary/aromatic N) is 5. The Balaban J connectivity index is 1.26. The largest absolute Gasteiger partial charge is 0.350 e. The van der Waals surface area contributed by atoms with Crippen LogP contribution < -0.4 is 5.69 Å². The average molecular weight is 393 g/mol. The van der Waals surface area contributed by atoms with E-state index in [1.54, 1.807) is 29.7 Å². The number of carbonyl (C=O) groups excluding carboxylic acids is 1. The molecule has 1 saturated heterocycles. The highest BCUT2D eigenvalue weighted by molar-refractivity contribution is 7.18. The molecule has 7 nitrogen and oxygen atoms in total. The maximum atomic E-state index is 12.7. The summed E-state index contributed by atoms with van der Waals surface area (Å²) in [5.41, 5.74) is 1.32. The number of pyridine rings is 1. The molecule has 3 aromatic heterocycles. The Labute approximate surface area is 164 Å². The van der Waals surface area contributed by atoms with Crippen molar-refractivity contribution in [1.29, 1.82) is 0 Å². The molecular weight excluding hydrogens is 374 g/mol. The third-order valence-corrected chi connectivity index (χ3v) is 6.48. The van der Waals surface area contributed by atoms with Gasteiger partial charge in [-0.15, -0.1) is 16.4 Å². The lowest BCUT2D eigenvalue weighted by Gasteiger charge is -2.31. The van der Waals surface area contributed by atoms with E-state index in [-0.39, 0.29) is 18.1 Å². The molecule has 0 N–H and O–H groups in total. The zero-order valence-corrected chi connectivity index (χ0v) is 16.0. The minimum absolute atomic E-state index is 0.0215. The predicted molar refractivity (Wildman–Crippen MR) is 108 cm³/mol. The highest BCUT2D eigenvalue weighted by Crippen LogP contribution is 2.33. The summed E-state index contributed by atoms with van der Waals surface area (Å²) in [6.45, 7) is 1.34. The van der Waals surface area contributed by atoms with Gasteiger partial charge >= 0.3 is 5.69 Å². The van der Waals surface area contributed by atoms with E-state index >= 15 is 0 Å². The second-order valence-corrected chi connectivity index (χ2v) is 8.11. The van der Waals surface area contributed by atoms with E-state index in [0.29, 0.717) is 24.7 Å². The molecule has 1 fully saturated rings. The minimum Gasteiger partial charge on any atom is -0.341 e. The summed E-state index contributed by atoms with van der Waals surface area (Å²) in [6, 6.07) is 13.5. The Kier molecular flexibility index (Phi) is 4.20. The van der Waals surface area contributed by atoms with Gasteiger partial charge in [0, 0.05) is 25.2 Å². The van der Waals surface area contributed by atoms with Crippen LogP contribution in [0.5, 0.6) is 0 Å². The van der Waals surface area contributed by atoms with Crippen LogP contribution in [0.2, 0.25) is 0 Å². The third-order valence-electron chi connectivity index (χ3n) is 5.28. The molecule has 0 bridgehead atoms. The molecule has 1 aliphatic rings. The molecule has 0 spiro atoms. The van der Waals surface area contributed by atoms with E-state index in [0.717, 1.165) is 23.4 Å². The van der Waals surface area contributed by atoms with Crippen LogP contribution in [0.25, 0.3) is 15.9 Å². The van der Waals surface area contributed by atoms with Crippen LogP contribution in [-0.2, 0) is 11.3 Å². The monoisotopic (exact) mass is 393 g/mol. The Bertz CT molecular complexity index is 1180. The number of para-hydroxylation sites is 1. The molecule has 4 heterocycles. The van der Waals surface area contributed by atoms with Gasteiger partial charge in [0.15, 0.2) is 5.65 Å². The number of carbonyl (C=O) groups is 1. The van der Waals surface area contributed by atoms with Crippen molar-refractivity contribution in [2.45, 2.75) is 25.3 Å². The fraction of sp³-hybridized carbons (Fsp3) is 0.300. The molecule has 0 atom stereocenters. The van der Waals surface area contributed by atoms with Crippen LogP contribution in [0.3, 0.4) is 0 Å². The van der Waals surface area contributed by atoms with Gasteiger partial charge in [-0.1, -0.05) is 18.2 Å². The summed E-state index contributed by atoms with van der Waals surface area (Å²) >= 11 is 1.75. The van der Waals surface area contributed by atoms with E-state index in [2.05, 4.69) is 11.2 Å². The van der Waals surface area contributed by atoms with Crippen LogP contribution in [0.1, 0.15) is 23.8 Å². The highest BCUT2D eigenvalue weighted by atomic mass is 32.1. The number of hydrogen-bond acceptors (Lipinski definition) is 5. The molecule has 4 aromatic rings. The lowest BCUT2D eigenvalue weighted by molar-refractivity contribution is -0.133. The molecule has 8 heteroatoms. The van der Waals surface area contributed by atoms with Gasteiger partial charge in [-0.2, -0.15) is 0 Å². The third kappa shape index (κ3) is 2.99. The van der Waals surface area contributed by atoms with Crippen molar-refractivity contribution in [3.8, 4) is 0 Å². The first-order valence-corrected chi connectivity index (χ1v) is 10.2. The lowest BCUT2D eigenvalue weighted by atomic mass is 9.97. The zero-order chi connectivity index (χ0) is 19.1. The van der Waals surface area contributed by atoms with Gasteiger partial charge < -0.3 is 4.90 Å². The first kappa shape index (κ1) is 17.1. The Morgan fingerprint density at radius 2 is 1.89 bits per heavy atom. The summed E-state index contributed by atoms with van der Waals surface area (Å²) in [5.74, 6) is 0.327. The first-order valence-electron chi connectivity index (χ1n) is 9.36. The SMILES string of the molecule is O=C(Cn1nc2ccccn2c1=O)N1CCC(c2nc3ccccc3s2)CC1. The van der Waals surface area contributed by atoms with Crippen LogP contribution >= 0.6 is 11.3 Å². The maximum absolute atomic E-state index is 12.7. The number of hydrogen-bond donors (Lipinski definition) is 0. The van der Waals surface area contributed by atoms with Crippen molar-refractivity contribution in [3.63, 3.8) is 0 Å². The molecule has 0 saturated carbocycles.